The Bertz CT molecular complexity index is 1350. The van der Waals surface area contributed by atoms with Gasteiger partial charge in [-0.05, 0) is 42.7 Å². The highest BCUT2D eigenvalue weighted by atomic mass is 79.9. The number of hydrogen-bond donors (Lipinski definition) is 2. The van der Waals surface area contributed by atoms with Gasteiger partial charge in [-0.1, -0.05) is 22.0 Å². The molecule has 3 aromatic rings. The van der Waals surface area contributed by atoms with Gasteiger partial charge in [-0.3, -0.25) is 14.6 Å². The van der Waals surface area contributed by atoms with Crippen molar-refractivity contribution in [1.82, 2.24) is 15.0 Å². The highest BCUT2D eigenvalue weighted by Gasteiger charge is 2.34. The maximum atomic E-state index is 14.4. The molecule has 32 heavy (non-hydrogen) atoms. The molecule has 0 bridgehead atoms. The standard InChI is InChI=1S/C21H16BrF2N3O4S/c22-16-7-12(16)10-26-20(28)15-8-13(3-4-17(15)23)32(30,31)27-21(29)14-6-11-2-1-5-25-19(11)9-18(14)24/h1-6,8-9,12,16H,7,10H2,(H,26,28)(H,27,29)/t12-,16-/m0/s1. The van der Waals surface area contributed by atoms with Crippen molar-refractivity contribution in [2.45, 2.75) is 16.1 Å². The van der Waals surface area contributed by atoms with Crippen molar-refractivity contribution in [3.63, 3.8) is 0 Å². The fourth-order valence-electron chi connectivity index (χ4n) is 3.09. The van der Waals surface area contributed by atoms with E-state index in [0.717, 1.165) is 30.7 Å². The summed E-state index contributed by atoms with van der Waals surface area (Å²) >= 11 is 3.39. The van der Waals surface area contributed by atoms with Gasteiger partial charge in [0.1, 0.15) is 11.6 Å². The van der Waals surface area contributed by atoms with E-state index in [4.69, 9.17) is 0 Å². The summed E-state index contributed by atoms with van der Waals surface area (Å²) < 4.78 is 55.6. The van der Waals surface area contributed by atoms with Crippen LogP contribution in [0.1, 0.15) is 27.1 Å². The third-order valence-corrected chi connectivity index (χ3v) is 7.47. The lowest BCUT2D eigenvalue weighted by Gasteiger charge is -2.11. The highest BCUT2D eigenvalue weighted by Crippen LogP contribution is 2.36. The molecular weight excluding hydrogens is 508 g/mol. The van der Waals surface area contributed by atoms with Crippen LogP contribution in [0.2, 0.25) is 0 Å². The summed E-state index contributed by atoms with van der Waals surface area (Å²) in [6, 6.07) is 7.95. The molecule has 0 spiro atoms. The number of nitrogens with zero attached hydrogens (tertiary/aromatic N) is 1. The van der Waals surface area contributed by atoms with Crippen LogP contribution in [-0.2, 0) is 10.0 Å². The maximum absolute atomic E-state index is 14.4. The number of aromatic nitrogens is 1. The third-order valence-electron chi connectivity index (χ3n) is 5.02. The Hall–Kier alpha value is -2.92. The first kappa shape index (κ1) is 22.3. The SMILES string of the molecule is O=C(NC[C@@H]1C[C@@H]1Br)c1cc(S(=O)(=O)NC(=O)c2cc3cccnc3cc2F)ccc1F. The Morgan fingerprint density at radius 1 is 1.06 bits per heavy atom. The average Bonchev–Trinajstić information content (AvgIpc) is 3.46. The predicted octanol–water partition coefficient (Wildman–Crippen LogP) is 3.14. The molecule has 2 atom stereocenters. The zero-order valence-electron chi connectivity index (χ0n) is 16.3. The number of halogens is 3. The van der Waals surface area contributed by atoms with E-state index in [9.17, 15) is 26.8 Å². The number of amides is 2. The molecule has 0 aliphatic heterocycles. The Balaban J connectivity index is 1.56. The molecule has 1 aliphatic rings. The number of nitrogens with one attached hydrogen (secondary N) is 2. The summed E-state index contributed by atoms with van der Waals surface area (Å²) in [4.78, 5) is 28.5. The summed E-state index contributed by atoms with van der Waals surface area (Å²) in [6.45, 7) is 0.317. The summed E-state index contributed by atoms with van der Waals surface area (Å²) in [5, 5.41) is 3.00. The van der Waals surface area contributed by atoms with Crippen LogP contribution in [0, 0.1) is 17.6 Å². The molecule has 1 aliphatic carbocycles. The summed E-state index contributed by atoms with van der Waals surface area (Å²) in [5.41, 5.74) is -0.672. The Morgan fingerprint density at radius 2 is 1.78 bits per heavy atom. The lowest BCUT2D eigenvalue weighted by Crippen LogP contribution is -2.32. The van der Waals surface area contributed by atoms with Crippen molar-refractivity contribution in [3.05, 3.63) is 71.4 Å². The molecule has 11 heteroatoms. The minimum absolute atomic E-state index is 0.236. The van der Waals surface area contributed by atoms with E-state index < -0.39 is 49.5 Å². The molecule has 7 nitrogen and oxygen atoms in total. The molecule has 166 valence electrons. The van der Waals surface area contributed by atoms with Gasteiger partial charge in [-0.15, -0.1) is 0 Å². The lowest BCUT2D eigenvalue weighted by molar-refractivity contribution is 0.0945. The Kier molecular flexibility index (Phi) is 5.95. The van der Waals surface area contributed by atoms with Gasteiger partial charge >= 0.3 is 0 Å². The predicted molar refractivity (Wildman–Crippen MR) is 116 cm³/mol. The van der Waals surface area contributed by atoms with Crippen molar-refractivity contribution in [3.8, 4) is 0 Å². The van der Waals surface area contributed by atoms with Crippen molar-refractivity contribution < 1.29 is 26.8 Å². The molecule has 2 amide bonds. The number of sulfonamides is 1. The van der Waals surface area contributed by atoms with E-state index in [1.807, 2.05) is 0 Å². The number of hydrogen-bond acceptors (Lipinski definition) is 5. The van der Waals surface area contributed by atoms with Gasteiger partial charge in [-0.25, -0.2) is 21.9 Å². The zero-order valence-corrected chi connectivity index (χ0v) is 18.7. The monoisotopic (exact) mass is 523 g/mol. The molecule has 1 fully saturated rings. The summed E-state index contributed by atoms with van der Waals surface area (Å²) in [7, 11) is -4.51. The van der Waals surface area contributed by atoms with E-state index in [1.54, 1.807) is 16.9 Å². The average molecular weight is 524 g/mol. The van der Waals surface area contributed by atoms with Crippen LogP contribution in [-0.4, -0.2) is 36.6 Å². The molecule has 0 radical (unpaired) electrons. The van der Waals surface area contributed by atoms with Crippen molar-refractivity contribution in [2.75, 3.05) is 6.54 Å². The van der Waals surface area contributed by atoms with Crippen molar-refractivity contribution in [2.24, 2.45) is 5.92 Å². The Morgan fingerprint density at radius 3 is 2.50 bits per heavy atom. The first-order chi connectivity index (χ1) is 15.2. The second-order valence-corrected chi connectivity index (χ2v) is 10.2. The summed E-state index contributed by atoms with van der Waals surface area (Å²) in [5.74, 6) is -3.60. The maximum Gasteiger partial charge on any atom is 0.267 e. The van der Waals surface area contributed by atoms with Crippen LogP contribution in [0.3, 0.4) is 0 Å². The molecule has 1 aromatic heterocycles. The van der Waals surface area contributed by atoms with Gasteiger partial charge in [0.2, 0.25) is 0 Å². The topological polar surface area (TPSA) is 105 Å². The lowest BCUT2D eigenvalue weighted by atomic mass is 10.1. The van der Waals surface area contributed by atoms with Crippen LogP contribution in [0.5, 0.6) is 0 Å². The second kappa shape index (κ2) is 8.55. The molecule has 2 N–H and O–H groups in total. The van der Waals surface area contributed by atoms with Gasteiger partial charge in [0.05, 0.1) is 21.5 Å². The van der Waals surface area contributed by atoms with E-state index in [-0.39, 0.29) is 5.92 Å². The molecule has 2 aromatic carbocycles. The second-order valence-electron chi connectivity index (χ2n) is 7.33. The van der Waals surface area contributed by atoms with Gasteiger partial charge in [-0.2, -0.15) is 0 Å². The van der Waals surface area contributed by atoms with Gasteiger partial charge in [0.15, 0.2) is 0 Å². The highest BCUT2D eigenvalue weighted by molar-refractivity contribution is 9.09. The van der Waals surface area contributed by atoms with Gasteiger partial charge < -0.3 is 5.32 Å². The van der Waals surface area contributed by atoms with Crippen LogP contribution in [0.15, 0.2) is 53.6 Å². The molecule has 4 rings (SSSR count). The van der Waals surface area contributed by atoms with Crippen LogP contribution < -0.4 is 10.0 Å². The number of carbonyl (C=O) groups excluding carboxylic acids is 2. The smallest absolute Gasteiger partial charge is 0.267 e. The molecular formula is C21H16BrF2N3O4S. The number of pyridine rings is 1. The largest absolute Gasteiger partial charge is 0.352 e. The normalized spacial score (nSPS) is 17.7. The first-order valence-electron chi connectivity index (χ1n) is 9.49. The fraction of sp³-hybridized carbons (Fsp3) is 0.190. The number of alkyl halides is 1. The minimum atomic E-state index is -4.51. The number of carbonyl (C=O) groups is 2. The van der Waals surface area contributed by atoms with Crippen LogP contribution in [0.25, 0.3) is 10.9 Å². The molecule has 1 heterocycles. The Labute approximate surface area is 190 Å². The van der Waals surface area contributed by atoms with E-state index in [1.165, 1.54) is 12.3 Å². The van der Waals surface area contributed by atoms with Crippen molar-refractivity contribution in [1.29, 1.82) is 0 Å². The number of benzene rings is 2. The first-order valence-corrected chi connectivity index (χ1v) is 11.9. The van der Waals surface area contributed by atoms with Gasteiger partial charge in [0, 0.05) is 29.0 Å². The van der Waals surface area contributed by atoms with Crippen LogP contribution in [0.4, 0.5) is 8.78 Å². The number of rotatable bonds is 6. The van der Waals surface area contributed by atoms with E-state index in [2.05, 4.69) is 26.2 Å². The van der Waals surface area contributed by atoms with Crippen LogP contribution >= 0.6 is 15.9 Å². The fourth-order valence-corrected chi connectivity index (χ4v) is 4.75. The van der Waals surface area contributed by atoms with Crippen molar-refractivity contribution >= 4 is 48.7 Å². The van der Waals surface area contributed by atoms with Gasteiger partial charge in [0.25, 0.3) is 21.8 Å². The minimum Gasteiger partial charge on any atom is -0.352 e. The zero-order chi connectivity index (χ0) is 23.0. The molecule has 0 unspecified atom stereocenters. The number of fused-ring (bicyclic) bond motifs is 1. The summed E-state index contributed by atoms with van der Waals surface area (Å²) in [6.07, 6.45) is 2.34. The van der Waals surface area contributed by atoms with E-state index in [0.29, 0.717) is 22.3 Å². The van der Waals surface area contributed by atoms with E-state index >= 15 is 0 Å². The quantitative estimate of drug-likeness (QED) is 0.483. The molecule has 0 saturated heterocycles. The molecule has 1 saturated carbocycles. The third kappa shape index (κ3) is 4.63.